The van der Waals surface area contributed by atoms with Crippen LogP contribution < -0.4 is 5.73 Å². The standard InChI is InChI=1S/C14H21NO2S/c1-14(2,15)10-18(16)9-13-12-6-4-3-5-11(12)7-8-17-13/h3-6,13H,7-10,15H2,1-2H3. The van der Waals surface area contributed by atoms with Gasteiger partial charge in [-0.1, -0.05) is 24.3 Å². The van der Waals surface area contributed by atoms with Crippen LogP contribution in [0.5, 0.6) is 0 Å². The lowest BCUT2D eigenvalue weighted by Gasteiger charge is -2.27. The lowest BCUT2D eigenvalue weighted by atomic mass is 9.99. The number of benzene rings is 1. The van der Waals surface area contributed by atoms with Gasteiger partial charge in [-0.15, -0.1) is 0 Å². The minimum Gasteiger partial charge on any atom is -0.372 e. The molecular weight excluding hydrogens is 246 g/mol. The van der Waals surface area contributed by atoms with Crippen molar-refractivity contribution >= 4 is 10.8 Å². The molecule has 4 heteroatoms. The first-order valence-electron chi connectivity index (χ1n) is 6.29. The van der Waals surface area contributed by atoms with E-state index in [1.165, 1.54) is 11.1 Å². The molecule has 2 rings (SSSR count). The van der Waals surface area contributed by atoms with Crippen LogP contribution in [0.25, 0.3) is 0 Å². The van der Waals surface area contributed by atoms with Gasteiger partial charge in [-0.2, -0.15) is 0 Å². The number of hydrogen-bond donors (Lipinski definition) is 1. The molecule has 1 aromatic rings. The van der Waals surface area contributed by atoms with Gasteiger partial charge in [0.25, 0.3) is 0 Å². The third kappa shape index (κ3) is 3.64. The highest BCUT2D eigenvalue weighted by molar-refractivity contribution is 7.85. The van der Waals surface area contributed by atoms with Gasteiger partial charge < -0.3 is 10.5 Å². The normalized spacial score (nSPS) is 21.4. The highest BCUT2D eigenvalue weighted by atomic mass is 32.2. The van der Waals surface area contributed by atoms with E-state index in [0.29, 0.717) is 18.1 Å². The van der Waals surface area contributed by atoms with Crippen molar-refractivity contribution in [3.63, 3.8) is 0 Å². The van der Waals surface area contributed by atoms with Gasteiger partial charge in [0.2, 0.25) is 0 Å². The number of fused-ring (bicyclic) bond motifs is 1. The average molecular weight is 267 g/mol. The minimum absolute atomic E-state index is 0.0434. The molecular formula is C14H21NO2S. The van der Waals surface area contributed by atoms with Gasteiger partial charge in [0, 0.05) is 22.1 Å². The average Bonchev–Trinajstić information content (AvgIpc) is 2.27. The summed E-state index contributed by atoms with van der Waals surface area (Å²) in [5.74, 6) is 1.05. The Hall–Kier alpha value is -0.710. The lowest BCUT2D eigenvalue weighted by molar-refractivity contribution is 0.0582. The Morgan fingerprint density at radius 3 is 2.89 bits per heavy atom. The van der Waals surface area contributed by atoms with E-state index in [1.54, 1.807) is 0 Å². The summed E-state index contributed by atoms with van der Waals surface area (Å²) in [6.07, 6.45) is 0.903. The first-order valence-corrected chi connectivity index (χ1v) is 7.78. The minimum atomic E-state index is -0.944. The molecule has 1 aliphatic heterocycles. The number of ether oxygens (including phenoxy) is 1. The summed E-state index contributed by atoms with van der Waals surface area (Å²) in [4.78, 5) is 0. The molecule has 0 saturated heterocycles. The molecule has 0 spiro atoms. The van der Waals surface area contributed by atoms with Crippen molar-refractivity contribution in [3.8, 4) is 0 Å². The van der Waals surface area contributed by atoms with Crippen LogP contribution in [-0.2, 0) is 22.0 Å². The van der Waals surface area contributed by atoms with E-state index in [4.69, 9.17) is 10.5 Å². The molecule has 0 radical (unpaired) electrons. The Bertz CT molecular complexity index is 440. The quantitative estimate of drug-likeness (QED) is 0.905. The van der Waals surface area contributed by atoms with Crippen LogP contribution in [0.2, 0.25) is 0 Å². The second-order valence-corrected chi connectivity index (χ2v) is 7.05. The fraction of sp³-hybridized carbons (Fsp3) is 0.571. The summed E-state index contributed by atoms with van der Waals surface area (Å²) < 4.78 is 17.8. The van der Waals surface area contributed by atoms with Gasteiger partial charge in [-0.3, -0.25) is 4.21 Å². The Balaban J connectivity index is 2.05. The summed E-state index contributed by atoms with van der Waals surface area (Å²) in [5.41, 5.74) is 8.02. The molecule has 0 bridgehead atoms. The summed E-state index contributed by atoms with van der Waals surface area (Å²) in [7, 11) is -0.944. The lowest BCUT2D eigenvalue weighted by Crippen LogP contribution is -2.39. The second kappa shape index (κ2) is 5.51. The van der Waals surface area contributed by atoms with Gasteiger partial charge in [0.05, 0.1) is 18.5 Å². The monoisotopic (exact) mass is 267 g/mol. The molecule has 0 aromatic heterocycles. The molecule has 2 atom stereocenters. The predicted octanol–water partition coefficient (Wildman–Crippen LogP) is 1.79. The molecule has 0 saturated carbocycles. The molecule has 1 aliphatic rings. The van der Waals surface area contributed by atoms with Crippen LogP contribution in [0.15, 0.2) is 24.3 Å². The molecule has 1 aromatic carbocycles. The molecule has 100 valence electrons. The topological polar surface area (TPSA) is 52.3 Å². The van der Waals surface area contributed by atoms with Gasteiger partial charge >= 0.3 is 0 Å². The van der Waals surface area contributed by atoms with Gasteiger partial charge in [-0.25, -0.2) is 0 Å². The van der Waals surface area contributed by atoms with Gasteiger partial charge in [0.1, 0.15) is 0 Å². The molecule has 3 nitrogen and oxygen atoms in total. The van der Waals surface area contributed by atoms with E-state index < -0.39 is 10.8 Å². The zero-order chi connectivity index (χ0) is 13.2. The third-order valence-electron chi connectivity index (χ3n) is 2.96. The zero-order valence-electron chi connectivity index (χ0n) is 11.0. The summed E-state index contributed by atoms with van der Waals surface area (Å²) >= 11 is 0. The van der Waals surface area contributed by atoms with Crippen LogP contribution in [-0.4, -0.2) is 27.9 Å². The summed E-state index contributed by atoms with van der Waals surface area (Å²) in [6, 6.07) is 8.25. The maximum Gasteiger partial charge on any atom is 0.0942 e. The second-order valence-electron chi connectivity index (χ2n) is 5.55. The van der Waals surface area contributed by atoms with Crippen molar-refractivity contribution in [1.82, 2.24) is 0 Å². The number of rotatable bonds is 4. The van der Waals surface area contributed by atoms with Crippen molar-refractivity contribution in [3.05, 3.63) is 35.4 Å². The summed E-state index contributed by atoms with van der Waals surface area (Å²) in [6.45, 7) is 4.52. The Morgan fingerprint density at radius 1 is 1.44 bits per heavy atom. The Labute approximate surface area is 111 Å². The van der Waals surface area contributed by atoms with Crippen LogP contribution in [0.1, 0.15) is 31.1 Å². The molecule has 0 fully saturated rings. The molecule has 1 heterocycles. The predicted molar refractivity (Wildman–Crippen MR) is 75.0 cm³/mol. The largest absolute Gasteiger partial charge is 0.372 e. The van der Waals surface area contributed by atoms with E-state index in [1.807, 2.05) is 26.0 Å². The first kappa shape index (κ1) is 13.7. The van der Waals surface area contributed by atoms with E-state index in [2.05, 4.69) is 12.1 Å². The van der Waals surface area contributed by atoms with Crippen molar-refractivity contribution in [2.45, 2.75) is 31.9 Å². The highest BCUT2D eigenvalue weighted by Crippen LogP contribution is 2.27. The maximum absolute atomic E-state index is 12.1. The van der Waals surface area contributed by atoms with Crippen molar-refractivity contribution < 1.29 is 8.95 Å². The molecule has 2 N–H and O–H groups in total. The van der Waals surface area contributed by atoms with E-state index in [9.17, 15) is 4.21 Å². The highest BCUT2D eigenvalue weighted by Gasteiger charge is 2.24. The maximum atomic E-state index is 12.1. The van der Waals surface area contributed by atoms with Crippen LogP contribution >= 0.6 is 0 Å². The summed E-state index contributed by atoms with van der Waals surface area (Å²) in [5, 5.41) is 0. The molecule has 18 heavy (non-hydrogen) atoms. The fourth-order valence-electron chi connectivity index (χ4n) is 2.26. The van der Waals surface area contributed by atoms with Crippen LogP contribution in [0.3, 0.4) is 0 Å². The van der Waals surface area contributed by atoms with Crippen molar-refractivity contribution in [2.24, 2.45) is 5.73 Å². The molecule has 0 amide bonds. The fourth-order valence-corrected chi connectivity index (χ4v) is 3.82. The van der Waals surface area contributed by atoms with E-state index >= 15 is 0 Å². The smallest absolute Gasteiger partial charge is 0.0942 e. The van der Waals surface area contributed by atoms with Crippen LogP contribution in [0, 0.1) is 0 Å². The van der Waals surface area contributed by atoms with E-state index in [-0.39, 0.29) is 11.6 Å². The first-order chi connectivity index (χ1) is 8.46. The Kier molecular flexibility index (Phi) is 4.20. The Morgan fingerprint density at radius 2 is 2.17 bits per heavy atom. The van der Waals surface area contributed by atoms with E-state index in [0.717, 1.165) is 6.42 Å². The van der Waals surface area contributed by atoms with Gasteiger partial charge in [0.15, 0.2) is 0 Å². The number of nitrogens with two attached hydrogens (primary N) is 1. The van der Waals surface area contributed by atoms with Crippen LogP contribution in [0.4, 0.5) is 0 Å². The molecule has 2 unspecified atom stereocenters. The molecule has 0 aliphatic carbocycles. The SMILES string of the molecule is CC(C)(N)CS(=O)CC1OCCc2ccccc21. The van der Waals surface area contributed by atoms with Crippen molar-refractivity contribution in [1.29, 1.82) is 0 Å². The third-order valence-corrected chi connectivity index (χ3v) is 4.70. The number of hydrogen-bond acceptors (Lipinski definition) is 3. The van der Waals surface area contributed by atoms with Gasteiger partial charge in [-0.05, 0) is 31.4 Å². The zero-order valence-corrected chi connectivity index (χ0v) is 11.8. The van der Waals surface area contributed by atoms with Crippen molar-refractivity contribution in [2.75, 3.05) is 18.1 Å².